The molecule has 0 unspecified atom stereocenters. The van der Waals surface area contributed by atoms with Crippen molar-refractivity contribution >= 4 is 16.6 Å². The molecule has 1 aromatic heterocycles. The number of fused-ring (bicyclic) bond motifs is 1. The lowest BCUT2D eigenvalue weighted by atomic mass is 10.2. The van der Waals surface area contributed by atoms with Gasteiger partial charge in [0.15, 0.2) is 0 Å². The molecule has 88 valence electrons. The normalized spacial score (nSPS) is 15.3. The molecule has 4 heteroatoms. The smallest absolute Gasteiger partial charge is 0.270 e. The lowest BCUT2D eigenvalue weighted by Crippen LogP contribution is -1.96. The van der Waals surface area contributed by atoms with Crippen LogP contribution in [0.2, 0.25) is 0 Å². The first kappa shape index (κ1) is 10.3. The minimum absolute atomic E-state index is 0.164. The monoisotopic (exact) mass is 230 g/mol. The van der Waals surface area contributed by atoms with Crippen molar-refractivity contribution in [1.82, 2.24) is 4.57 Å². The van der Waals surface area contributed by atoms with Crippen LogP contribution in [0.3, 0.4) is 0 Å². The van der Waals surface area contributed by atoms with Gasteiger partial charge in [0.2, 0.25) is 0 Å². The second-order valence-corrected chi connectivity index (χ2v) is 4.74. The number of rotatable bonds is 4. The molecule has 4 nitrogen and oxygen atoms in total. The summed E-state index contributed by atoms with van der Waals surface area (Å²) in [5.74, 6) is 0.908. The Balaban J connectivity index is 1.89. The molecule has 17 heavy (non-hydrogen) atoms. The van der Waals surface area contributed by atoms with Crippen LogP contribution in [0.5, 0.6) is 0 Å². The molecule has 0 radical (unpaired) electrons. The van der Waals surface area contributed by atoms with E-state index in [9.17, 15) is 10.1 Å². The van der Waals surface area contributed by atoms with Gasteiger partial charge in [0.1, 0.15) is 0 Å². The first-order valence-electron chi connectivity index (χ1n) is 5.97. The zero-order chi connectivity index (χ0) is 11.8. The van der Waals surface area contributed by atoms with Crippen molar-refractivity contribution < 1.29 is 4.92 Å². The molecular formula is C13H14N2O2. The molecule has 1 fully saturated rings. The largest absolute Gasteiger partial charge is 0.347 e. The topological polar surface area (TPSA) is 48.1 Å². The van der Waals surface area contributed by atoms with E-state index in [0.29, 0.717) is 0 Å². The molecule has 0 bridgehead atoms. The first-order valence-corrected chi connectivity index (χ1v) is 5.97. The third-order valence-electron chi connectivity index (χ3n) is 3.44. The second-order valence-electron chi connectivity index (χ2n) is 4.74. The van der Waals surface area contributed by atoms with Crippen LogP contribution in [0.25, 0.3) is 10.9 Å². The van der Waals surface area contributed by atoms with E-state index in [1.165, 1.54) is 19.3 Å². The van der Waals surface area contributed by atoms with E-state index < -0.39 is 0 Å². The number of nitro groups is 1. The quantitative estimate of drug-likeness (QED) is 0.597. The fraction of sp³-hybridized carbons (Fsp3) is 0.385. The summed E-state index contributed by atoms with van der Waals surface area (Å²) in [5.41, 5.74) is 1.26. The lowest BCUT2D eigenvalue weighted by Gasteiger charge is -2.04. The summed E-state index contributed by atoms with van der Waals surface area (Å²) in [6, 6.07) is 7.02. The summed E-state index contributed by atoms with van der Waals surface area (Å²) in [5, 5.41) is 11.6. The molecule has 0 aliphatic heterocycles. The van der Waals surface area contributed by atoms with Crippen LogP contribution < -0.4 is 0 Å². The third-order valence-corrected chi connectivity index (χ3v) is 3.44. The van der Waals surface area contributed by atoms with Gasteiger partial charge >= 0.3 is 0 Å². The van der Waals surface area contributed by atoms with E-state index in [2.05, 4.69) is 4.57 Å². The van der Waals surface area contributed by atoms with Crippen molar-refractivity contribution in [2.24, 2.45) is 5.92 Å². The average molecular weight is 230 g/mol. The molecule has 3 rings (SSSR count). The van der Waals surface area contributed by atoms with E-state index in [1.54, 1.807) is 12.1 Å². The van der Waals surface area contributed by atoms with Gasteiger partial charge in [-0.15, -0.1) is 0 Å². The fourth-order valence-electron chi connectivity index (χ4n) is 2.22. The molecule has 0 N–H and O–H groups in total. The average Bonchev–Trinajstić information content (AvgIpc) is 3.06. The fourth-order valence-corrected chi connectivity index (χ4v) is 2.22. The van der Waals surface area contributed by atoms with Crippen molar-refractivity contribution in [3.63, 3.8) is 0 Å². The van der Waals surface area contributed by atoms with Crippen molar-refractivity contribution in [3.05, 3.63) is 40.6 Å². The SMILES string of the molecule is O=[N+]([O-])c1ccc2c(ccn2CCC2CC2)c1. The van der Waals surface area contributed by atoms with Crippen LogP contribution >= 0.6 is 0 Å². The molecule has 2 aromatic rings. The predicted molar refractivity (Wildman–Crippen MR) is 65.9 cm³/mol. The van der Waals surface area contributed by atoms with Crippen molar-refractivity contribution in [1.29, 1.82) is 0 Å². The van der Waals surface area contributed by atoms with Crippen LogP contribution in [-0.2, 0) is 6.54 Å². The number of non-ortho nitro benzene ring substituents is 1. The molecule has 1 heterocycles. The zero-order valence-electron chi connectivity index (χ0n) is 9.50. The highest BCUT2D eigenvalue weighted by molar-refractivity contribution is 5.82. The number of nitro benzene ring substituents is 1. The maximum atomic E-state index is 10.7. The van der Waals surface area contributed by atoms with E-state index >= 15 is 0 Å². The third kappa shape index (κ3) is 2.02. The zero-order valence-corrected chi connectivity index (χ0v) is 9.50. The van der Waals surface area contributed by atoms with E-state index in [0.717, 1.165) is 23.4 Å². The Kier molecular flexibility index (Phi) is 2.35. The summed E-state index contributed by atoms with van der Waals surface area (Å²) >= 11 is 0. The molecule has 0 spiro atoms. The van der Waals surface area contributed by atoms with Gasteiger partial charge in [-0.1, -0.05) is 12.8 Å². The van der Waals surface area contributed by atoms with Crippen LogP contribution in [0.1, 0.15) is 19.3 Å². The minimum atomic E-state index is -0.346. The summed E-state index contributed by atoms with van der Waals surface area (Å²) in [4.78, 5) is 10.3. The number of aromatic nitrogens is 1. The molecule has 0 saturated heterocycles. The summed E-state index contributed by atoms with van der Waals surface area (Å²) < 4.78 is 2.19. The molecule has 1 aliphatic rings. The Morgan fingerprint density at radius 1 is 1.35 bits per heavy atom. The molecule has 1 aromatic carbocycles. The Morgan fingerprint density at radius 2 is 2.18 bits per heavy atom. The summed E-state index contributed by atoms with van der Waals surface area (Å²) in [6.07, 6.45) is 5.98. The van der Waals surface area contributed by atoms with E-state index in [-0.39, 0.29) is 10.6 Å². The standard InChI is InChI=1S/C13H14N2O2/c16-15(17)12-3-4-13-11(9-12)6-8-14(13)7-5-10-1-2-10/h3-4,6,8-10H,1-2,5,7H2. The number of benzene rings is 1. The Hall–Kier alpha value is -1.84. The Bertz CT molecular complexity index is 570. The first-order chi connectivity index (χ1) is 8.24. The maximum Gasteiger partial charge on any atom is 0.270 e. The highest BCUT2D eigenvalue weighted by atomic mass is 16.6. The van der Waals surface area contributed by atoms with E-state index in [1.807, 2.05) is 18.3 Å². The highest BCUT2D eigenvalue weighted by Gasteiger charge is 2.20. The molecule has 0 amide bonds. The number of hydrogen-bond donors (Lipinski definition) is 0. The van der Waals surface area contributed by atoms with Crippen molar-refractivity contribution in [2.75, 3.05) is 0 Å². The van der Waals surface area contributed by atoms with Crippen molar-refractivity contribution in [2.45, 2.75) is 25.8 Å². The summed E-state index contributed by atoms with van der Waals surface area (Å²) in [6.45, 7) is 1.02. The number of hydrogen-bond acceptors (Lipinski definition) is 2. The molecule has 1 aliphatic carbocycles. The van der Waals surface area contributed by atoms with Crippen LogP contribution in [-0.4, -0.2) is 9.49 Å². The minimum Gasteiger partial charge on any atom is -0.347 e. The Morgan fingerprint density at radius 3 is 2.88 bits per heavy atom. The van der Waals surface area contributed by atoms with Gasteiger partial charge in [0, 0.05) is 35.8 Å². The van der Waals surface area contributed by atoms with Gasteiger partial charge in [0.25, 0.3) is 5.69 Å². The lowest BCUT2D eigenvalue weighted by molar-refractivity contribution is -0.384. The van der Waals surface area contributed by atoms with E-state index in [4.69, 9.17) is 0 Å². The van der Waals surface area contributed by atoms with Crippen LogP contribution in [0, 0.1) is 16.0 Å². The number of aryl methyl sites for hydroxylation is 1. The predicted octanol–water partition coefficient (Wildman–Crippen LogP) is 3.35. The molecular weight excluding hydrogens is 216 g/mol. The van der Waals surface area contributed by atoms with Gasteiger partial charge in [-0.25, -0.2) is 0 Å². The Labute approximate surface area is 99.0 Å². The van der Waals surface area contributed by atoms with Gasteiger partial charge in [0.05, 0.1) is 4.92 Å². The van der Waals surface area contributed by atoms with Gasteiger partial charge in [-0.2, -0.15) is 0 Å². The molecule has 0 atom stereocenters. The second kappa shape index (κ2) is 3.87. The maximum absolute atomic E-state index is 10.7. The molecule has 1 saturated carbocycles. The van der Waals surface area contributed by atoms with Gasteiger partial charge in [-0.05, 0) is 24.5 Å². The highest BCUT2D eigenvalue weighted by Crippen LogP contribution is 2.33. The van der Waals surface area contributed by atoms with Crippen molar-refractivity contribution in [3.8, 4) is 0 Å². The van der Waals surface area contributed by atoms with Crippen LogP contribution in [0.15, 0.2) is 30.5 Å². The van der Waals surface area contributed by atoms with Gasteiger partial charge < -0.3 is 4.57 Å². The summed E-state index contributed by atoms with van der Waals surface area (Å²) in [7, 11) is 0. The number of nitrogens with zero attached hydrogens (tertiary/aromatic N) is 2. The van der Waals surface area contributed by atoms with Crippen LogP contribution in [0.4, 0.5) is 5.69 Å². The van der Waals surface area contributed by atoms with Gasteiger partial charge in [-0.3, -0.25) is 10.1 Å².